The number of carbonyl (C=O) groups excluding carboxylic acids is 1. The fraction of sp³-hybridized carbons (Fsp3) is 0.588. The van der Waals surface area contributed by atoms with E-state index in [-0.39, 0.29) is 5.91 Å². The van der Waals surface area contributed by atoms with Gasteiger partial charge in [0.1, 0.15) is 0 Å². The monoisotopic (exact) mass is 274 g/mol. The lowest BCUT2D eigenvalue weighted by Gasteiger charge is -2.22. The van der Waals surface area contributed by atoms with Crippen LogP contribution in [-0.2, 0) is 6.42 Å². The first-order valence-corrected chi connectivity index (χ1v) is 7.92. The first-order valence-electron chi connectivity index (χ1n) is 7.92. The van der Waals surface area contributed by atoms with Gasteiger partial charge >= 0.3 is 0 Å². The highest BCUT2D eigenvalue weighted by molar-refractivity contribution is 5.95. The van der Waals surface area contributed by atoms with Crippen molar-refractivity contribution in [1.29, 1.82) is 0 Å². The van der Waals surface area contributed by atoms with Gasteiger partial charge in [-0.05, 0) is 43.0 Å². The van der Waals surface area contributed by atoms with E-state index in [2.05, 4.69) is 25.2 Å². The van der Waals surface area contributed by atoms with Crippen LogP contribution < -0.4 is 5.32 Å². The van der Waals surface area contributed by atoms with Crippen molar-refractivity contribution in [3.63, 3.8) is 0 Å². The van der Waals surface area contributed by atoms with Crippen LogP contribution in [-0.4, -0.2) is 30.4 Å². The molecule has 0 unspecified atom stereocenters. The van der Waals surface area contributed by atoms with E-state index in [1.54, 1.807) is 0 Å². The summed E-state index contributed by atoms with van der Waals surface area (Å²) >= 11 is 0. The van der Waals surface area contributed by atoms with Gasteiger partial charge in [0.25, 0.3) is 5.91 Å². The van der Waals surface area contributed by atoms with E-state index in [0.29, 0.717) is 0 Å². The van der Waals surface area contributed by atoms with Gasteiger partial charge in [0.15, 0.2) is 0 Å². The molecule has 1 aromatic rings. The highest BCUT2D eigenvalue weighted by Gasteiger charge is 2.17. The van der Waals surface area contributed by atoms with Crippen LogP contribution in [0.15, 0.2) is 18.2 Å². The van der Waals surface area contributed by atoms with Crippen molar-refractivity contribution in [2.75, 3.05) is 25.0 Å². The van der Waals surface area contributed by atoms with Gasteiger partial charge in [-0.15, -0.1) is 0 Å². The summed E-state index contributed by atoms with van der Waals surface area (Å²) in [7, 11) is 0. The molecule has 1 aliphatic heterocycles. The van der Waals surface area contributed by atoms with E-state index in [0.717, 1.165) is 57.3 Å². The summed E-state index contributed by atoms with van der Waals surface area (Å²) in [5.41, 5.74) is 3.32. The number of amides is 1. The van der Waals surface area contributed by atoms with Crippen LogP contribution in [0, 0.1) is 0 Å². The molecular weight excluding hydrogens is 248 g/mol. The zero-order valence-electron chi connectivity index (χ0n) is 12.7. The Labute approximate surface area is 122 Å². The summed E-state index contributed by atoms with van der Waals surface area (Å²) in [4.78, 5) is 14.7. The SMILES string of the molecule is CCCCN(CCCC)C(=O)c1ccc2c(c1)CCN2. The molecule has 1 aromatic carbocycles. The maximum Gasteiger partial charge on any atom is 0.253 e. The third kappa shape index (κ3) is 3.53. The molecule has 0 fully saturated rings. The Bertz CT molecular complexity index is 448. The second kappa shape index (κ2) is 7.32. The molecular formula is C17H26N2O. The smallest absolute Gasteiger partial charge is 0.253 e. The summed E-state index contributed by atoms with van der Waals surface area (Å²) < 4.78 is 0. The maximum atomic E-state index is 12.7. The predicted octanol–water partition coefficient (Wildman–Crippen LogP) is 3.70. The Morgan fingerprint density at radius 3 is 2.55 bits per heavy atom. The number of fused-ring (bicyclic) bond motifs is 1. The van der Waals surface area contributed by atoms with Crippen molar-refractivity contribution < 1.29 is 4.79 Å². The summed E-state index contributed by atoms with van der Waals surface area (Å²) in [6, 6.07) is 6.08. The van der Waals surface area contributed by atoms with Gasteiger partial charge in [-0.2, -0.15) is 0 Å². The fourth-order valence-corrected chi connectivity index (χ4v) is 2.63. The predicted molar refractivity (Wildman–Crippen MR) is 84.4 cm³/mol. The molecule has 1 heterocycles. The Kier molecular flexibility index (Phi) is 5.45. The highest BCUT2D eigenvalue weighted by atomic mass is 16.2. The van der Waals surface area contributed by atoms with Crippen molar-refractivity contribution in [2.24, 2.45) is 0 Å². The average molecular weight is 274 g/mol. The van der Waals surface area contributed by atoms with Gasteiger partial charge in [-0.1, -0.05) is 26.7 Å². The largest absolute Gasteiger partial charge is 0.384 e. The number of carbonyl (C=O) groups is 1. The van der Waals surface area contributed by atoms with Gasteiger partial charge in [-0.25, -0.2) is 0 Å². The first-order chi connectivity index (χ1) is 9.76. The van der Waals surface area contributed by atoms with Crippen LogP contribution in [0.2, 0.25) is 0 Å². The Hall–Kier alpha value is -1.51. The summed E-state index contributed by atoms with van der Waals surface area (Å²) in [5, 5.41) is 3.34. The number of benzene rings is 1. The summed E-state index contributed by atoms with van der Waals surface area (Å²) in [5.74, 6) is 0.196. The molecule has 0 saturated heterocycles. The van der Waals surface area contributed by atoms with Crippen LogP contribution >= 0.6 is 0 Å². The van der Waals surface area contributed by atoms with Crippen molar-refractivity contribution in [3.8, 4) is 0 Å². The molecule has 3 heteroatoms. The maximum absolute atomic E-state index is 12.7. The van der Waals surface area contributed by atoms with Crippen LogP contribution in [0.3, 0.4) is 0 Å². The average Bonchev–Trinajstić information content (AvgIpc) is 2.94. The molecule has 0 aromatic heterocycles. The van der Waals surface area contributed by atoms with Gasteiger partial charge < -0.3 is 10.2 Å². The standard InChI is InChI=1S/C17H26N2O/c1-3-5-11-19(12-6-4-2)17(20)15-7-8-16-14(13-15)9-10-18-16/h7-8,13,18H,3-6,9-12H2,1-2H3. The topological polar surface area (TPSA) is 32.3 Å². The Balaban J connectivity index is 2.09. The number of nitrogens with zero attached hydrogens (tertiary/aromatic N) is 1. The summed E-state index contributed by atoms with van der Waals surface area (Å²) in [6.45, 7) is 7.09. The molecule has 110 valence electrons. The van der Waals surface area contributed by atoms with E-state index >= 15 is 0 Å². The highest BCUT2D eigenvalue weighted by Crippen LogP contribution is 2.23. The molecule has 2 rings (SSSR count). The van der Waals surface area contributed by atoms with Crippen molar-refractivity contribution >= 4 is 11.6 Å². The fourth-order valence-electron chi connectivity index (χ4n) is 2.63. The molecule has 0 radical (unpaired) electrons. The number of unbranched alkanes of at least 4 members (excludes halogenated alkanes) is 2. The molecule has 1 amide bonds. The second-order valence-corrected chi connectivity index (χ2v) is 5.55. The molecule has 3 nitrogen and oxygen atoms in total. The number of nitrogens with one attached hydrogen (secondary N) is 1. The minimum atomic E-state index is 0.196. The van der Waals surface area contributed by atoms with Crippen molar-refractivity contribution in [3.05, 3.63) is 29.3 Å². The van der Waals surface area contributed by atoms with Crippen molar-refractivity contribution in [1.82, 2.24) is 4.90 Å². The summed E-state index contributed by atoms with van der Waals surface area (Å²) in [6.07, 6.45) is 5.46. The van der Waals surface area contributed by atoms with Crippen LogP contribution in [0.5, 0.6) is 0 Å². The molecule has 0 bridgehead atoms. The number of anilines is 1. The Morgan fingerprint density at radius 1 is 1.20 bits per heavy atom. The lowest BCUT2D eigenvalue weighted by atomic mass is 10.1. The zero-order chi connectivity index (χ0) is 14.4. The van der Waals surface area contributed by atoms with E-state index in [1.807, 2.05) is 17.0 Å². The molecule has 0 spiro atoms. The number of hydrogen-bond acceptors (Lipinski definition) is 2. The zero-order valence-corrected chi connectivity index (χ0v) is 12.7. The molecule has 0 saturated carbocycles. The minimum Gasteiger partial charge on any atom is -0.384 e. The van der Waals surface area contributed by atoms with Crippen LogP contribution in [0.4, 0.5) is 5.69 Å². The van der Waals surface area contributed by atoms with Crippen LogP contribution in [0.25, 0.3) is 0 Å². The van der Waals surface area contributed by atoms with Gasteiger partial charge in [0, 0.05) is 30.9 Å². The lowest BCUT2D eigenvalue weighted by Crippen LogP contribution is -2.33. The Morgan fingerprint density at radius 2 is 1.90 bits per heavy atom. The quantitative estimate of drug-likeness (QED) is 0.822. The van der Waals surface area contributed by atoms with Crippen molar-refractivity contribution in [2.45, 2.75) is 46.0 Å². The van der Waals surface area contributed by atoms with E-state index in [4.69, 9.17) is 0 Å². The van der Waals surface area contributed by atoms with E-state index < -0.39 is 0 Å². The van der Waals surface area contributed by atoms with Gasteiger partial charge in [0.05, 0.1) is 0 Å². The first kappa shape index (κ1) is 14.9. The normalized spacial score (nSPS) is 12.9. The second-order valence-electron chi connectivity index (χ2n) is 5.55. The van der Waals surface area contributed by atoms with Gasteiger partial charge in [-0.3, -0.25) is 4.79 Å². The van der Waals surface area contributed by atoms with Crippen LogP contribution in [0.1, 0.15) is 55.5 Å². The van der Waals surface area contributed by atoms with Gasteiger partial charge in [0.2, 0.25) is 0 Å². The molecule has 1 aliphatic rings. The molecule has 0 atom stereocenters. The number of hydrogen-bond donors (Lipinski definition) is 1. The minimum absolute atomic E-state index is 0.196. The molecule has 1 N–H and O–H groups in total. The lowest BCUT2D eigenvalue weighted by molar-refractivity contribution is 0.0751. The van der Waals surface area contributed by atoms with E-state index in [9.17, 15) is 4.79 Å². The molecule has 20 heavy (non-hydrogen) atoms. The number of rotatable bonds is 7. The third-order valence-corrected chi connectivity index (χ3v) is 3.91. The third-order valence-electron chi connectivity index (χ3n) is 3.91. The molecule has 0 aliphatic carbocycles. The van der Waals surface area contributed by atoms with E-state index in [1.165, 1.54) is 11.3 Å².